The third-order valence-corrected chi connectivity index (χ3v) is 3.66. The molecule has 2 heterocycles. The molecule has 1 aromatic heterocycles. The van der Waals surface area contributed by atoms with Gasteiger partial charge in [0.2, 0.25) is 0 Å². The Morgan fingerprint density at radius 1 is 1.64 bits per heavy atom. The zero-order valence-corrected chi connectivity index (χ0v) is 9.30. The Bertz CT molecular complexity index is 273. The summed E-state index contributed by atoms with van der Waals surface area (Å²) < 4.78 is 5.75. The minimum atomic E-state index is 0.165. The van der Waals surface area contributed by atoms with Gasteiger partial charge in [0.25, 0.3) is 0 Å². The first-order valence-electron chi connectivity index (χ1n) is 5.19. The van der Waals surface area contributed by atoms with Crippen molar-refractivity contribution >= 4 is 11.3 Å². The van der Waals surface area contributed by atoms with Gasteiger partial charge in [0, 0.05) is 10.9 Å². The van der Waals surface area contributed by atoms with E-state index in [0.717, 1.165) is 19.3 Å². The van der Waals surface area contributed by atoms with Crippen LogP contribution in [-0.2, 0) is 11.2 Å². The summed E-state index contributed by atoms with van der Waals surface area (Å²) in [6.45, 7) is 2.12. The van der Waals surface area contributed by atoms with Crippen LogP contribution in [-0.4, -0.2) is 18.2 Å². The van der Waals surface area contributed by atoms with Crippen molar-refractivity contribution in [3.05, 3.63) is 22.4 Å². The summed E-state index contributed by atoms with van der Waals surface area (Å²) in [6, 6.07) is 4.38. The van der Waals surface area contributed by atoms with Crippen molar-refractivity contribution in [3.63, 3.8) is 0 Å². The van der Waals surface area contributed by atoms with E-state index in [4.69, 9.17) is 10.5 Å². The molecule has 1 aliphatic heterocycles. The lowest BCUT2D eigenvalue weighted by atomic mass is 10.0. The standard InChI is InChI=1S/C11H17NOS/c1-8-4-5-11(13-8)10(12)7-9-3-2-6-14-9/h2-3,6,8,10-11H,4-5,7,12H2,1H3. The van der Waals surface area contributed by atoms with E-state index in [0.29, 0.717) is 6.10 Å². The molecule has 0 aromatic carbocycles. The van der Waals surface area contributed by atoms with Gasteiger partial charge in [-0.3, -0.25) is 0 Å². The van der Waals surface area contributed by atoms with Gasteiger partial charge in [-0.1, -0.05) is 6.07 Å². The molecule has 14 heavy (non-hydrogen) atoms. The van der Waals surface area contributed by atoms with Gasteiger partial charge in [-0.05, 0) is 37.6 Å². The zero-order chi connectivity index (χ0) is 9.97. The van der Waals surface area contributed by atoms with Gasteiger partial charge in [-0.2, -0.15) is 0 Å². The minimum Gasteiger partial charge on any atom is -0.374 e. The lowest BCUT2D eigenvalue weighted by Gasteiger charge is -2.18. The Balaban J connectivity index is 1.87. The molecule has 0 bridgehead atoms. The van der Waals surface area contributed by atoms with Crippen molar-refractivity contribution in [2.75, 3.05) is 0 Å². The predicted molar refractivity (Wildman–Crippen MR) is 59.6 cm³/mol. The maximum Gasteiger partial charge on any atom is 0.0734 e. The lowest BCUT2D eigenvalue weighted by molar-refractivity contribution is 0.0406. The summed E-state index contributed by atoms with van der Waals surface area (Å²) in [5.74, 6) is 0. The smallest absolute Gasteiger partial charge is 0.0734 e. The van der Waals surface area contributed by atoms with E-state index >= 15 is 0 Å². The molecule has 3 heteroatoms. The highest BCUT2D eigenvalue weighted by Crippen LogP contribution is 2.23. The van der Waals surface area contributed by atoms with Gasteiger partial charge in [0.15, 0.2) is 0 Å². The molecule has 1 fully saturated rings. The number of ether oxygens (including phenoxy) is 1. The third kappa shape index (κ3) is 2.35. The van der Waals surface area contributed by atoms with Gasteiger partial charge in [-0.15, -0.1) is 11.3 Å². The minimum absolute atomic E-state index is 0.165. The van der Waals surface area contributed by atoms with Gasteiger partial charge in [-0.25, -0.2) is 0 Å². The number of thiophene rings is 1. The normalized spacial score (nSPS) is 29.3. The van der Waals surface area contributed by atoms with Crippen LogP contribution < -0.4 is 5.73 Å². The molecule has 0 saturated carbocycles. The zero-order valence-electron chi connectivity index (χ0n) is 8.48. The molecule has 0 amide bonds. The van der Waals surface area contributed by atoms with Crippen molar-refractivity contribution in [3.8, 4) is 0 Å². The third-order valence-electron chi connectivity index (χ3n) is 2.76. The van der Waals surface area contributed by atoms with Crippen LogP contribution in [0.15, 0.2) is 17.5 Å². The van der Waals surface area contributed by atoms with Gasteiger partial charge >= 0.3 is 0 Å². The van der Waals surface area contributed by atoms with Crippen LogP contribution in [0.3, 0.4) is 0 Å². The van der Waals surface area contributed by atoms with Crippen molar-refractivity contribution in [1.29, 1.82) is 0 Å². The highest BCUT2D eigenvalue weighted by molar-refractivity contribution is 7.09. The van der Waals surface area contributed by atoms with Crippen LogP contribution in [0.4, 0.5) is 0 Å². The average molecular weight is 211 g/mol. The molecular formula is C11H17NOS. The van der Waals surface area contributed by atoms with Crippen molar-refractivity contribution < 1.29 is 4.74 Å². The highest BCUT2D eigenvalue weighted by Gasteiger charge is 2.27. The largest absolute Gasteiger partial charge is 0.374 e. The maximum atomic E-state index is 6.11. The molecule has 2 rings (SSSR count). The SMILES string of the molecule is CC1CCC(C(N)Cc2cccs2)O1. The summed E-state index contributed by atoms with van der Waals surface area (Å²) in [5, 5.41) is 2.10. The first-order chi connectivity index (χ1) is 6.75. The van der Waals surface area contributed by atoms with E-state index in [2.05, 4.69) is 24.4 Å². The van der Waals surface area contributed by atoms with Crippen molar-refractivity contribution in [2.45, 2.75) is 44.4 Å². The van der Waals surface area contributed by atoms with Crippen LogP contribution in [0.2, 0.25) is 0 Å². The molecule has 0 radical (unpaired) electrons. The summed E-state index contributed by atoms with van der Waals surface area (Å²) >= 11 is 1.78. The Morgan fingerprint density at radius 2 is 2.50 bits per heavy atom. The van der Waals surface area contributed by atoms with Crippen LogP contribution in [0.25, 0.3) is 0 Å². The number of hydrogen-bond acceptors (Lipinski definition) is 3. The molecule has 0 aliphatic carbocycles. The maximum absolute atomic E-state index is 6.11. The van der Waals surface area contributed by atoms with E-state index in [1.165, 1.54) is 4.88 Å². The molecule has 2 N–H and O–H groups in total. The Labute approximate surface area is 89.1 Å². The van der Waals surface area contributed by atoms with Crippen LogP contribution in [0, 0.1) is 0 Å². The summed E-state index contributed by atoms with van der Waals surface area (Å²) in [5.41, 5.74) is 6.11. The fourth-order valence-corrected chi connectivity index (χ4v) is 2.72. The quantitative estimate of drug-likeness (QED) is 0.831. The number of rotatable bonds is 3. The number of nitrogens with two attached hydrogens (primary N) is 1. The molecule has 1 aromatic rings. The van der Waals surface area contributed by atoms with Gasteiger partial charge in [0.05, 0.1) is 12.2 Å². The van der Waals surface area contributed by atoms with E-state index in [1.807, 2.05) is 0 Å². The fourth-order valence-electron chi connectivity index (χ4n) is 1.94. The number of hydrogen-bond donors (Lipinski definition) is 1. The second-order valence-corrected chi connectivity index (χ2v) is 5.04. The lowest BCUT2D eigenvalue weighted by Crippen LogP contribution is -2.36. The first-order valence-corrected chi connectivity index (χ1v) is 6.07. The van der Waals surface area contributed by atoms with Crippen LogP contribution in [0.5, 0.6) is 0 Å². The molecule has 3 unspecified atom stereocenters. The average Bonchev–Trinajstić information content (AvgIpc) is 2.75. The van der Waals surface area contributed by atoms with E-state index in [1.54, 1.807) is 11.3 Å². The highest BCUT2D eigenvalue weighted by atomic mass is 32.1. The van der Waals surface area contributed by atoms with Gasteiger partial charge in [0.1, 0.15) is 0 Å². The molecule has 1 aliphatic rings. The molecule has 2 nitrogen and oxygen atoms in total. The van der Waals surface area contributed by atoms with Crippen molar-refractivity contribution in [2.24, 2.45) is 5.73 Å². The van der Waals surface area contributed by atoms with Gasteiger partial charge < -0.3 is 10.5 Å². The molecule has 1 saturated heterocycles. The van der Waals surface area contributed by atoms with E-state index < -0.39 is 0 Å². The summed E-state index contributed by atoms with van der Waals surface area (Å²) in [7, 11) is 0. The topological polar surface area (TPSA) is 35.2 Å². The second-order valence-electron chi connectivity index (χ2n) is 4.01. The fraction of sp³-hybridized carbons (Fsp3) is 0.636. The summed E-state index contributed by atoms with van der Waals surface area (Å²) in [6.07, 6.45) is 3.90. The molecule has 0 spiro atoms. The monoisotopic (exact) mass is 211 g/mol. The molecular weight excluding hydrogens is 194 g/mol. The van der Waals surface area contributed by atoms with Crippen LogP contribution >= 0.6 is 11.3 Å². The Morgan fingerprint density at radius 3 is 3.07 bits per heavy atom. The first kappa shape index (κ1) is 10.1. The van der Waals surface area contributed by atoms with Crippen LogP contribution in [0.1, 0.15) is 24.6 Å². The Kier molecular flexibility index (Phi) is 3.21. The van der Waals surface area contributed by atoms with E-state index in [9.17, 15) is 0 Å². The predicted octanol–water partition coefficient (Wildman–Crippen LogP) is 2.19. The Hall–Kier alpha value is -0.380. The molecule has 78 valence electrons. The second kappa shape index (κ2) is 4.43. The van der Waals surface area contributed by atoms with E-state index in [-0.39, 0.29) is 12.1 Å². The summed E-state index contributed by atoms with van der Waals surface area (Å²) in [4.78, 5) is 1.36. The molecule has 3 atom stereocenters. The van der Waals surface area contributed by atoms with Crippen molar-refractivity contribution in [1.82, 2.24) is 0 Å².